The molecule has 4 aromatic rings. The summed E-state index contributed by atoms with van der Waals surface area (Å²) in [6.45, 7) is 3.17. The molecule has 5 nitrogen and oxygen atoms in total. The van der Waals surface area contributed by atoms with Gasteiger partial charge < -0.3 is 14.8 Å². The van der Waals surface area contributed by atoms with Crippen molar-refractivity contribution in [3.05, 3.63) is 111 Å². The first-order chi connectivity index (χ1) is 19.4. The van der Waals surface area contributed by atoms with Crippen LogP contribution in [0.15, 0.2) is 76.6 Å². The van der Waals surface area contributed by atoms with Crippen molar-refractivity contribution < 1.29 is 22.6 Å². The molecule has 208 valence electrons. The van der Waals surface area contributed by atoms with Crippen LogP contribution >= 0.6 is 11.8 Å². The van der Waals surface area contributed by atoms with Crippen LogP contribution in [0.4, 0.5) is 13.2 Å². The second-order valence-electron chi connectivity index (χ2n) is 9.49. The maximum atomic E-state index is 15.5. The summed E-state index contributed by atoms with van der Waals surface area (Å²) >= 11 is 1.47. The van der Waals surface area contributed by atoms with Gasteiger partial charge in [-0.05, 0) is 48.4 Å². The maximum absolute atomic E-state index is 15.5. The van der Waals surface area contributed by atoms with Crippen LogP contribution in [0.2, 0.25) is 0 Å². The Kier molecular flexibility index (Phi) is 8.52. The zero-order valence-electron chi connectivity index (χ0n) is 22.2. The second kappa shape index (κ2) is 12.2. The zero-order chi connectivity index (χ0) is 28.2. The summed E-state index contributed by atoms with van der Waals surface area (Å²) in [6, 6.07) is 17.6. The highest BCUT2D eigenvalue weighted by Crippen LogP contribution is 2.40. The van der Waals surface area contributed by atoms with E-state index in [4.69, 9.17) is 9.47 Å². The van der Waals surface area contributed by atoms with Crippen molar-refractivity contribution in [2.75, 3.05) is 32.6 Å². The Morgan fingerprint density at radius 2 is 1.70 bits per heavy atom. The number of benzene rings is 3. The van der Waals surface area contributed by atoms with Gasteiger partial charge in [0.2, 0.25) is 0 Å². The van der Waals surface area contributed by atoms with Gasteiger partial charge in [-0.3, -0.25) is 9.36 Å². The number of aromatic nitrogens is 1. The van der Waals surface area contributed by atoms with Crippen LogP contribution < -0.4 is 20.3 Å². The predicted molar refractivity (Wildman–Crippen MR) is 151 cm³/mol. The fourth-order valence-electron chi connectivity index (χ4n) is 5.01. The van der Waals surface area contributed by atoms with Gasteiger partial charge in [0.1, 0.15) is 24.0 Å². The standard InChI is InChI=1S/C31H29F3N2O3S/c1-19-23(16-24-25(32)11-7-12-26(24)33)31-36(30(37)28(19)22-10-6-13-27(38-2)29(22)34)20(18-40-31)17-35-14-15-39-21-8-4-3-5-9-21/h3-13,20,35H,14-18H2,1-2H3. The van der Waals surface area contributed by atoms with Gasteiger partial charge in [-0.1, -0.05) is 36.4 Å². The van der Waals surface area contributed by atoms with Crippen molar-refractivity contribution in [3.8, 4) is 22.6 Å². The number of halogens is 3. The number of rotatable bonds is 10. The normalized spacial score (nSPS) is 14.3. The van der Waals surface area contributed by atoms with Crippen molar-refractivity contribution in [3.63, 3.8) is 0 Å². The third-order valence-corrected chi connectivity index (χ3v) is 8.32. The number of ether oxygens (including phenoxy) is 2. The molecule has 1 aliphatic rings. The molecule has 1 aliphatic heterocycles. The number of thioether (sulfide) groups is 1. The quantitative estimate of drug-likeness (QED) is 0.233. The Hall–Kier alpha value is -3.69. The molecule has 0 saturated heterocycles. The van der Waals surface area contributed by atoms with E-state index in [0.717, 1.165) is 5.75 Å². The third kappa shape index (κ3) is 5.48. The van der Waals surface area contributed by atoms with Gasteiger partial charge in [0, 0.05) is 36.4 Å². The van der Waals surface area contributed by atoms with Gasteiger partial charge in [0.05, 0.1) is 23.7 Å². The molecule has 0 saturated carbocycles. The highest BCUT2D eigenvalue weighted by Gasteiger charge is 2.32. The molecule has 0 amide bonds. The number of pyridine rings is 1. The van der Waals surface area contributed by atoms with E-state index in [1.54, 1.807) is 17.6 Å². The molecule has 1 atom stereocenters. The van der Waals surface area contributed by atoms with Crippen LogP contribution in [0.1, 0.15) is 22.7 Å². The number of nitrogens with zero attached hydrogens (tertiary/aromatic N) is 1. The minimum Gasteiger partial charge on any atom is -0.494 e. The van der Waals surface area contributed by atoms with Gasteiger partial charge >= 0.3 is 0 Å². The van der Waals surface area contributed by atoms with Crippen molar-refractivity contribution in [2.45, 2.75) is 24.4 Å². The van der Waals surface area contributed by atoms with E-state index < -0.39 is 17.5 Å². The Bertz CT molecular complexity index is 1560. The van der Waals surface area contributed by atoms with Gasteiger partial charge in [-0.15, -0.1) is 11.8 Å². The summed E-state index contributed by atoms with van der Waals surface area (Å²) in [7, 11) is 1.36. The predicted octanol–water partition coefficient (Wildman–Crippen LogP) is 6.16. The summed E-state index contributed by atoms with van der Waals surface area (Å²) in [6.07, 6.45) is -0.0728. The molecule has 2 heterocycles. The minimum absolute atomic E-state index is 0.00880. The fraction of sp³-hybridized carbons (Fsp3) is 0.258. The van der Waals surface area contributed by atoms with Crippen molar-refractivity contribution >= 4 is 11.8 Å². The van der Waals surface area contributed by atoms with Gasteiger partial charge in [0.25, 0.3) is 5.56 Å². The van der Waals surface area contributed by atoms with Gasteiger partial charge in [-0.25, -0.2) is 13.2 Å². The van der Waals surface area contributed by atoms with E-state index in [1.807, 2.05) is 30.3 Å². The highest BCUT2D eigenvalue weighted by atomic mass is 32.2. The molecule has 0 bridgehead atoms. The lowest BCUT2D eigenvalue weighted by Crippen LogP contribution is -2.34. The van der Waals surface area contributed by atoms with Crippen LogP contribution in [-0.2, 0) is 6.42 Å². The summed E-state index contributed by atoms with van der Waals surface area (Å²) in [5, 5.41) is 3.99. The molecule has 5 rings (SSSR count). The van der Waals surface area contributed by atoms with Crippen LogP contribution in [0.3, 0.4) is 0 Å². The van der Waals surface area contributed by atoms with Gasteiger partial charge in [-0.2, -0.15) is 0 Å². The molecule has 9 heteroatoms. The summed E-state index contributed by atoms with van der Waals surface area (Å²) in [5.41, 5.74) is 0.891. The molecule has 0 radical (unpaired) electrons. The largest absolute Gasteiger partial charge is 0.494 e. The van der Waals surface area contributed by atoms with Crippen molar-refractivity contribution in [1.29, 1.82) is 0 Å². The smallest absolute Gasteiger partial charge is 0.260 e. The van der Waals surface area contributed by atoms with Gasteiger partial charge in [0.15, 0.2) is 11.6 Å². The van der Waals surface area contributed by atoms with Crippen LogP contribution in [-0.4, -0.2) is 37.1 Å². The Balaban J connectivity index is 1.51. The van der Waals surface area contributed by atoms with E-state index >= 15 is 4.39 Å². The second-order valence-corrected chi connectivity index (χ2v) is 10.5. The Morgan fingerprint density at radius 1 is 0.975 bits per heavy atom. The Labute approximate surface area is 235 Å². The number of methoxy groups -OCH3 is 1. The van der Waals surface area contributed by atoms with E-state index in [-0.39, 0.29) is 40.5 Å². The minimum atomic E-state index is -0.668. The molecule has 0 fully saturated rings. The molecule has 3 aromatic carbocycles. The average Bonchev–Trinajstić information content (AvgIpc) is 3.38. The van der Waals surface area contributed by atoms with Crippen molar-refractivity contribution in [2.24, 2.45) is 0 Å². The molecule has 0 aliphatic carbocycles. The third-order valence-electron chi connectivity index (χ3n) is 7.05. The lowest BCUT2D eigenvalue weighted by Gasteiger charge is -2.21. The summed E-state index contributed by atoms with van der Waals surface area (Å²) < 4.78 is 57.4. The molecule has 1 N–H and O–H groups in total. The molecule has 1 unspecified atom stereocenters. The highest BCUT2D eigenvalue weighted by molar-refractivity contribution is 7.99. The zero-order valence-corrected chi connectivity index (χ0v) is 23.0. The first-order valence-corrected chi connectivity index (χ1v) is 13.9. The van der Waals surface area contributed by atoms with Crippen LogP contribution in [0.25, 0.3) is 11.1 Å². The fourth-order valence-corrected chi connectivity index (χ4v) is 6.40. The number of nitrogens with one attached hydrogen (secondary N) is 1. The lowest BCUT2D eigenvalue weighted by molar-refractivity contribution is 0.309. The monoisotopic (exact) mass is 566 g/mol. The lowest BCUT2D eigenvalue weighted by atomic mass is 9.94. The first-order valence-electron chi connectivity index (χ1n) is 13.0. The van der Waals surface area contributed by atoms with E-state index in [2.05, 4.69) is 5.32 Å². The number of hydrogen-bond donors (Lipinski definition) is 1. The molecule has 40 heavy (non-hydrogen) atoms. The molecular weight excluding hydrogens is 537 g/mol. The van der Waals surface area contributed by atoms with E-state index in [0.29, 0.717) is 41.6 Å². The average molecular weight is 567 g/mol. The van der Waals surface area contributed by atoms with Crippen LogP contribution in [0.5, 0.6) is 11.5 Å². The van der Waals surface area contributed by atoms with Crippen LogP contribution in [0, 0.1) is 24.4 Å². The molecule has 1 aromatic heterocycles. The first kappa shape index (κ1) is 27.9. The maximum Gasteiger partial charge on any atom is 0.260 e. The topological polar surface area (TPSA) is 52.5 Å². The number of hydrogen-bond acceptors (Lipinski definition) is 5. The van der Waals surface area contributed by atoms with E-state index in [9.17, 15) is 13.6 Å². The SMILES string of the molecule is COc1cccc(-c2c(C)c(Cc3c(F)cccc3F)c3n(c2=O)C(CNCCOc2ccccc2)CS3)c1F. The Morgan fingerprint density at radius 3 is 2.42 bits per heavy atom. The number of fused-ring (bicyclic) bond motifs is 1. The number of para-hydroxylation sites is 1. The van der Waals surface area contributed by atoms with Crippen molar-refractivity contribution in [1.82, 2.24) is 9.88 Å². The molecule has 0 spiro atoms. The summed E-state index contributed by atoms with van der Waals surface area (Å²) in [4.78, 5) is 14.0. The molecular formula is C31H29F3N2O3S. The van der Waals surface area contributed by atoms with E-state index in [1.165, 1.54) is 49.2 Å². The summed E-state index contributed by atoms with van der Waals surface area (Å²) in [5.74, 6) is -0.636.